The molecule has 2 aromatic rings. The van der Waals surface area contributed by atoms with Crippen LogP contribution in [0.5, 0.6) is 0 Å². The Bertz CT molecular complexity index is 773. The Kier molecular flexibility index (Phi) is 5.52. The summed E-state index contributed by atoms with van der Waals surface area (Å²) in [4.78, 5) is 15.3. The lowest BCUT2D eigenvalue weighted by Crippen LogP contribution is -2.44. The van der Waals surface area contributed by atoms with E-state index in [1.807, 2.05) is 40.9 Å². The number of urea groups is 1. The van der Waals surface area contributed by atoms with Gasteiger partial charge in [0, 0.05) is 28.8 Å². The zero-order chi connectivity index (χ0) is 18.6. The molecule has 7 heteroatoms. The van der Waals surface area contributed by atoms with Gasteiger partial charge in [-0.3, -0.25) is 5.32 Å². The molecule has 3 rings (SSSR count). The number of amides is 2. The van der Waals surface area contributed by atoms with E-state index >= 15 is 0 Å². The van der Waals surface area contributed by atoms with Gasteiger partial charge in [0.15, 0.2) is 5.82 Å². The lowest BCUT2D eigenvalue weighted by atomic mass is 9.86. The Morgan fingerprint density at radius 3 is 2.58 bits per heavy atom. The molecule has 0 aliphatic carbocycles. The van der Waals surface area contributed by atoms with Gasteiger partial charge in [-0.25, -0.2) is 4.79 Å². The average molecular weight is 370 g/mol. The number of hydrogen-bond acceptors (Lipinski definition) is 5. The lowest BCUT2D eigenvalue weighted by Gasteiger charge is -2.40. The van der Waals surface area contributed by atoms with Gasteiger partial charge in [-0.05, 0) is 43.0 Å². The molecule has 2 heterocycles. The highest BCUT2D eigenvalue weighted by atomic mass is 32.2. The Labute approximate surface area is 157 Å². The number of likely N-dealkylation sites (tertiary alicyclic amines) is 1. The van der Waals surface area contributed by atoms with Crippen molar-refractivity contribution in [2.45, 2.75) is 36.3 Å². The molecule has 0 unspecified atom stereocenters. The van der Waals surface area contributed by atoms with Crippen LogP contribution >= 0.6 is 11.8 Å². The Balaban J connectivity index is 1.54. The predicted octanol–water partition coefficient (Wildman–Crippen LogP) is 4.36. The van der Waals surface area contributed by atoms with E-state index in [9.17, 15) is 4.79 Å². The van der Waals surface area contributed by atoms with E-state index in [1.54, 1.807) is 6.07 Å². The van der Waals surface area contributed by atoms with E-state index in [0.717, 1.165) is 25.9 Å². The number of carbonyl (C=O) groups excluding carboxylic acids is 1. The fraction of sp³-hybridized carbons (Fsp3) is 0.421. The van der Waals surface area contributed by atoms with E-state index in [4.69, 9.17) is 9.78 Å². The molecule has 1 fully saturated rings. The normalized spacial score (nSPS) is 15.5. The maximum Gasteiger partial charge on any atom is 0.323 e. The van der Waals surface area contributed by atoms with Gasteiger partial charge in [-0.1, -0.05) is 19.0 Å². The van der Waals surface area contributed by atoms with E-state index in [0.29, 0.717) is 17.3 Å². The van der Waals surface area contributed by atoms with Gasteiger partial charge in [0.05, 0.1) is 11.6 Å². The Hall–Kier alpha value is -2.46. The van der Waals surface area contributed by atoms with Crippen LogP contribution in [-0.2, 0) is 0 Å². The van der Waals surface area contributed by atoms with Crippen molar-refractivity contribution in [3.8, 4) is 6.07 Å². The average Bonchev–Trinajstić information content (AvgIpc) is 3.15. The second kappa shape index (κ2) is 7.83. The van der Waals surface area contributed by atoms with E-state index < -0.39 is 0 Å². The van der Waals surface area contributed by atoms with Crippen LogP contribution in [0.25, 0.3) is 0 Å². The van der Waals surface area contributed by atoms with Crippen LogP contribution in [-0.4, -0.2) is 33.9 Å². The molecule has 1 aromatic carbocycles. The molecule has 0 radical (unpaired) electrons. The largest absolute Gasteiger partial charge is 0.363 e. The minimum atomic E-state index is -0.130. The first kappa shape index (κ1) is 18.3. The van der Waals surface area contributed by atoms with Gasteiger partial charge >= 0.3 is 6.03 Å². The summed E-state index contributed by atoms with van der Waals surface area (Å²) in [7, 11) is 0. The summed E-state index contributed by atoms with van der Waals surface area (Å²) in [5, 5.41) is 15.4. The van der Waals surface area contributed by atoms with Gasteiger partial charge in [0.1, 0.15) is 6.26 Å². The molecule has 1 saturated heterocycles. The smallest absolute Gasteiger partial charge is 0.323 e. The minimum absolute atomic E-state index is 0.0584. The van der Waals surface area contributed by atoms with Crippen LogP contribution < -0.4 is 5.32 Å². The molecule has 1 aliphatic heterocycles. The number of thioether (sulfide) groups is 1. The maximum atomic E-state index is 12.3. The number of benzene rings is 1. The molecule has 1 aromatic heterocycles. The van der Waals surface area contributed by atoms with E-state index in [2.05, 4.69) is 30.4 Å². The third kappa shape index (κ3) is 4.38. The van der Waals surface area contributed by atoms with Crippen molar-refractivity contribution in [2.24, 2.45) is 5.92 Å². The third-order valence-corrected chi connectivity index (χ3v) is 6.17. The van der Waals surface area contributed by atoms with Crippen molar-refractivity contribution in [3.63, 3.8) is 0 Å². The Morgan fingerprint density at radius 1 is 1.31 bits per heavy atom. The van der Waals surface area contributed by atoms with Crippen LogP contribution in [0.4, 0.5) is 10.6 Å². The SMILES string of the molecule is CC(C)(Sc1ccc(C#N)cc1)C1CCN(C(=O)Nc2ccon2)CC1. The molecule has 2 amide bonds. The number of rotatable bonds is 4. The summed E-state index contributed by atoms with van der Waals surface area (Å²) in [6, 6.07) is 11.4. The van der Waals surface area contributed by atoms with Crippen molar-refractivity contribution in [2.75, 3.05) is 18.4 Å². The van der Waals surface area contributed by atoms with Crippen molar-refractivity contribution in [3.05, 3.63) is 42.2 Å². The summed E-state index contributed by atoms with van der Waals surface area (Å²) in [5.41, 5.74) is 0.679. The number of nitrogens with zero attached hydrogens (tertiary/aromatic N) is 3. The summed E-state index contributed by atoms with van der Waals surface area (Å²) in [6.45, 7) is 5.97. The molecule has 136 valence electrons. The topological polar surface area (TPSA) is 82.2 Å². The number of piperidine rings is 1. The number of nitrogens with one attached hydrogen (secondary N) is 1. The Morgan fingerprint density at radius 2 is 2.00 bits per heavy atom. The van der Waals surface area contributed by atoms with Gasteiger partial charge < -0.3 is 9.42 Å². The predicted molar refractivity (Wildman–Crippen MR) is 101 cm³/mol. The molecule has 0 bridgehead atoms. The monoisotopic (exact) mass is 370 g/mol. The molecular weight excluding hydrogens is 348 g/mol. The van der Waals surface area contributed by atoms with Crippen molar-refractivity contribution < 1.29 is 9.32 Å². The van der Waals surface area contributed by atoms with Gasteiger partial charge in [-0.15, -0.1) is 11.8 Å². The first-order valence-corrected chi connectivity index (χ1v) is 9.45. The molecule has 1 N–H and O–H groups in total. The number of anilines is 1. The molecule has 0 spiro atoms. The van der Waals surface area contributed by atoms with Crippen molar-refractivity contribution in [1.82, 2.24) is 10.1 Å². The van der Waals surface area contributed by atoms with Crippen LogP contribution in [0.1, 0.15) is 32.3 Å². The van der Waals surface area contributed by atoms with Crippen molar-refractivity contribution in [1.29, 1.82) is 5.26 Å². The highest BCUT2D eigenvalue weighted by Gasteiger charge is 2.34. The standard InChI is InChI=1S/C19H22N4O2S/c1-19(2,26-16-5-3-14(13-20)4-6-16)15-7-10-23(11-8-15)18(24)21-17-9-12-25-22-17/h3-6,9,12,15H,7-8,10-11H2,1-2H3,(H,21,22,24). The number of aromatic nitrogens is 1. The third-order valence-electron chi connectivity index (χ3n) is 4.80. The second-order valence-corrected chi connectivity index (χ2v) is 8.65. The number of hydrogen-bond donors (Lipinski definition) is 1. The highest BCUT2D eigenvalue weighted by molar-refractivity contribution is 8.00. The van der Waals surface area contributed by atoms with Gasteiger partial charge in [0.2, 0.25) is 0 Å². The van der Waals surface area contributed by atoms with Crippen LogP contribution in [0.3, 0.4) is 0 Å². The van der Waals surface area contributed by atoms with E-state index in [1.165, 1.54) is 11.2 Å². The zero-order valence-electron chi connectivity index (χ0n) is 14.9. The first-order valence-electron chi connectivity index (χ1n) is 8.63. The first-order chi connectivity index (χ1) is 12.5. The summed E-state index contributed by atoms with van der Waals surface area (Å²) < 4.78 is 4.79. The number of carbonyl (C=O) groups is 1. The minimum Gasteiger partial charge on any atom is -0.363 e. The van der Waals surface area contributed by atoms with Gasteiger partial charge in [-0.2, -0.15) is 5.26 Å². The molecule has 1 aliphatic rings. The highest BCUT2D eigenvalue weighted by Crippen LogP contribution is 2.42. The quantitative estimate of drug-likeness (QED) is 0.809. The van der Waals surface area contributed by atoms with E-state index in [-0.39, 0.29) is 10.8 Å². The molecule has 26 heavy (non-hydrogen) atoms. The molecule has 6 nitrogen and oxygen atoms in total. The summed E-state index contributed by atoms with van der Waals surface area (Å²) >= 11 is 1.83. The number of nitriles is 1. The molecule has 0 atom stereocenters. The lowest BCUT2D eigenvalue weighted by molar-refractivity contribution is 0.173. The fourth-order valence-corrected chi connectivity index (χ4v) is 4.51. The zero-order valence-corrected chi connectivity index (χ0v) is 15.8. The fourth-order valence-electron chi connectivity index (χ4n) is 3.23. The summed E-state index contributed by atoms with van der Waals surface area (Å²) in [6.07, 6.45) is 3.36. The second-order valence-electron chi connectivity index (χ2n) is 6.92. The van der Waals surface area contributed by atoms with Crippen LogP contribution in [0, 0.1) is 17.2 Å². The van der Waals surface area contributed by atoms with Crippen LogP contribution in [0.15, 0.2) is 46.0 Å². The maximum absolute atomic E-state index is 12.3. The van der Waals surface area contributed by atoms with Crippen molar-refractivity contribution >= 4 is 23.6 Å². The summed E-state index contributed by atoms with van der Waals surface area (Å²) in [5.74, 6) is 0.952. The van der Waals surface area contributed by atoms with Gasteiger partial charge in [0.25, 0.3) is 0 Å². The molecular formula is C19H22N4O2S. The molecule has 0 saturated carbocycles. The van der Waals surface area contributed by atoms with Crippen LogP contribution in [0.2, 0.25) is 0 Å².